The Morgan fingerprint density at radius 1 is 1.22 bits per heavy atom. The van der Waals surface area contributed by atoms with Gasteiger partial charge in [-0.3, -0.25) is 4.90 Å². The van der Waals surface area contributed by atoms with Gasteiger partial charge in [0.05, 0.1) is 12.7 Å². The summed E-state index contributed by atoms with van der Waals surface area (Å²) >= 11 is 0. The highest BCUT2D eigenvalue weighted by Crippen LogP contribution is 2.20. The molecule has 0 aromatic heterocycles. The van der Waals surface area contributed by atoms with Gasteiger partial charge in [-0.2, -0.15) is 0 Å². The maximum absolute atomic E-state index is 11.5. The first kappa shape index (κ1) is 17.8. The van der Waals surface area contributed by atoms with Crippen LogP contribution in [0.4, 0.5) is 5.69 Å². The van der Waals surface area contributed by atoms with Crippen molar-refractivity contribution in [3.05, 3.63) is 29.8 Å². The van der Waals surface area contributed by atoms with Gasteiger partial charge in [-0.1, -0.05) is 0 Å². The van der Waals surface area contributed by atoms with Gasteiger partial charge in [0.25, 0.3) is 0 Å². The number of piperazine rings is 1. The number of nitrogens with zero attached hydrogens (tertiary/aromatic N) is 2. The highest BCUT2D eigenvalue weighted by Gasteiger charge is 2.23. The lowest BCUT2D eigenvalue weighted by Gasteiger charge is -2.41. The van der Waals surface area contributed by atoms with Gasteiger partial charge in [0.1, 0.15) is 0 Å². The molecule has 128 valence electrons. The average molecular weight is 320 g/mol. The molecule has 0 spiro atoms. The van der Waals surface area contributed by atoms with E-state index in [1.807, 2.05) is 24.3 Å². The van der Waals surface area contributed by atoms with Crippen molar-refractivity contribution in [2.24, 2.45) is 0 Å². The molecular formula is C18H28N2O3. The fraction of sp³-hybridized carbons (Fsp3) is 0.611. The van der Waals surface area contributed by atoms with E-state index in [-0.39, 0.29) is 5.97 Å². The number of rotatable bonds is 7. The Morgan fingerprint density at radius 2 is 1.96 bits per heavy atom. The zero-order valence-corrected chi connectivity index (χ0v) is 14.2. The molecular weight excluding hydrogens is 292 g/mol. The van der Waals surface area contributed by atoms with E-state index in [1.165, 1.54) is 7.11 Å². The van der Waals surface area contributed by atoms with Crippen LogP contribution in [0.5, 0.6) is 0 Å². The molecule has 1 unspecified atom stereocenters. The number of benzene rings is 1. The number of anilines is 1. The Labute approximate surface area is 138 Å². The quantitative estimate of drug-likeness (QED) is 0.616. The van der Waals surface area contributed by atoms with Crippen molar-refractivity contribution in [2.45, 2.75) is 32.2 Å². The Balaban J connectivity index is 1.86. The van der Waals surface area contributed by atoms with Crippen molar-refractivity contribution in [3.8, 4) is 0 Å². The van der Waals surface area contributed by atoms with E-state index >= 15 is 0 Å². The van der Waals surface area contributed by atoms with Crippen LogP contribution in [0.2, 0.25) is 0 Å². The van der Waals surface area contributed by atoms with Crippen LogP contribution in [-0.4, -0.2) is 61.9 Å². The second kappa shape index (κ2) is 8.89. The molecule has 1 N–H and O–H groups in total. The van der Waals surface area contributed by atoms with E-state index in [0.717, 1.165) is 51.1 Å². The van der Waals surface area contributed by atoms with Crippen molar-refractivity contribution in [1.29, 1.82) is 0 Å². The molecule has 23 heavy (non-hydrogen) atoms. The summed E-state index contributed by atoms with van der Waals surface area (Å²) in [7, 11) is 1.40. The predicted molar refractivity (Wildman–Crippen MR) is 92.0 cm³/mol. The van der Waals surface area contributed by atoms with Gasteiger partial charge < -0.3 is 14.7 Å². The summed E-state index contributed by atoms with van der Waals surface area (Å²) in [6.07, 6.45) is 3.15. The smallest absolute Gasteiger partial charge is 0.337 e. The van der Waals surface area contributed by atoms with Crippen molar-refractivity contribution < 1.29 is 14.6 Å². The van der Waals surface area contributed by atoms with Crippen LogP contribution in [0.1, 0.15) is 36.5 Å². The van der Waals surface area contributed by atoms with Gasteiger partial charge in [-0.15, -0.1) is 0 Å². The first-order valence-corrected chi connectivity index (χ1v) is 8.44. The summed E-state index contributed by atoms with van der Waals surface area (Å²) in [4.78, 5) is 16.4. The van der Waals surface area contributed by atoms with Gasteiger partial charge >= 0.3 is 5.97 Å². The summed E-state index contributed by atoms with van der Waals surface area (Å²) < 4.78 is 4.73. The van der Waals surface area contributed by atoms with Crippen LogP contribution in [-0.2, 0) is 4.74 Å². The molecule has 1 aliphatic rings. The zero-order valence-electron chi connectivity index (χ0n) is 14.2. The van der Waals surface area contributed by atoms with E-state index in [4.69, 9.17) is 9.84 Å². The maximum Gasteiger partial charge on any atom is 0.337 e. The maximum atomic E-state index is 11.5. The number of aliphatic hydroxyl groups is 1. The van der Waals surface area contributed by atoms with Gasteiger partial charge in [0, 0.05) is 38.0 Å². The molecule has 1 saturated heterocycles. The topological polar surface area (TPSA) is 53.0 Å². The molecule has 0 amide bonds. The minimum absolute atomic E-state index is 0.294. The second-order valence-electron chi connectivity index (χ2n) is 6.15. The fourth-order valence-electron chi connectivity index (χ4n) is 3.09. The van der Waals surface area contributed by atoms with Crippen molar-refractivity contribution >= 4 is 11.7 Å². The third-order valence-corrected chi connectivity index (χ3v) is 4.52. The van der Waals surface area contributed by atoms with E-state index in [2.05, 4.69) is 16.7 Å². The van der Waals surface area contributed by atoms with Crippen LogP contribution in [0.25, 0.3) is 0 Å². The summed E-state index contributed by atoms with van der Waals surface area (Å²) in [5.74, 6) is -0.294. The predicted octanol–water partition coefficient (Wildman–Crippen LogP) is 2.15. The largest absolute Gasteiger partial charge is 0.465 e. The van der Waals surface area contributed by atoms with Gasteiger partial charge in [0.2, 0.25) is 0 Å². The number of unbranched alkanes of at least 4 members (excludes halogenated alkanes) is 2. The molecule has 0 bridgehead atoms. The Morgan fingerprint density at radius 3 is 2.57 bits per heavy atom. The zero-order chi connectivity index (χ0) is 16.7. The molecule has 5 nitrogen and oxygen atoms in total. The molecule has 1 atom stereocenters. The van der Waals surface area contributed by atoms with Gasteiger partial charge in [-0.25, -0.2) is 4.79 Å². The average Bonchev–Trinajstić information content (AvgIpc) is 2.59. The van der Waals surface area contributed by atoms with Crippen LogP contribution < -0.4 is 4.90 Å². The number of carbonyl (C=O) groups excluding carboxylic acids is 1. The molecule has 1 heterocycles. The standard InChI is InChI=1S/C18H28N2O3/c1-15-14-20(12-11-19(15)10-4-3-5-13-21)17-8-6-16(7-9-17)18(22)23-2/h6-9,15,21H,3-5,10-14H2,1-2H3. The highest BCUT2D eigenvalue weighted by molar-refractivity contribution is 5.89. The van der Waals surface area contributed by atoms with Crippen LogP contribution in [0, 0.1) is 0 Å². The van der Waals surface area contributed by atoms with Crippen LogP contribution >= 0.6 is 0 Å². The number of carbonyl (C=O) groups is 1. The summed E-state index contributed by atoms with van der Waals surface area (Å²) in [5.41, 5.74) is 1.75. The first-order chi connectivity index (χ1) is 11.2. The van der Waals surface area contributed by atoms with Crippen LogP contribution in [0.15, 0.2) is 24.3 Å². The number of hydrogen-bond donors (Lipinski definition) is 1. The van der Waals surface area contributed by atoms with E-state index in [9.17, 15) is 4.79 Å². The molecule has 1 aliphatic heterocycles. The lowest BCUT2D eigenvalue weighted by molar-refractivity contribution is 0.0600. The van der Waals surface area contributed by atoms with Crippen molar-refractivity contribution in [3.63, 3.8) is 0 Å². The first-order valence-electron chi connectivity index (χ1n) is 8.44. The molecule has 5 heteroatoms. The van der Waals surface area contributed by atoms with E-state index in [1.54, 1.807) is 0 Å². The lowest BCUT2D eigenvalue weighted by Crippen LogP contribution is -2.52. The third kappa shape index (κ3) is 4.94. The Bertz CT molecular complexity index is 490. The SMILES string of the molecule is COC(=O)c1ccc(N2CCN(CCCCCO)C(C)C2)cc1. The number of methoxy groups -OCH3 is 1. The molecule has 1 fully saturated rings. The van der Waals surface area contributed by atoms with Crippen LogP contribution in [0.3, 0.4) is 0 Å². The number of aliphatic hydroxyl groups excluding tert-OH is 1. The molecule has 1 aromatic rings. The Kier molecular flexibility index (Phi) is 6.86. The number of hydrogen-bond acceptors (Lipinski definition) is 5. The van der Waals surface area contributed by atoms with Crippen molar-refractivity contribution in [1.82, 2.24) is 4.90 Å². The lowest BCUT2D eigenvalue weighted by atomic mass is 10.1. The van der Waals surface area contributed by atoms with E-state index in [0.29, 0.717) is 18.2 Å². The summed E-state index contributed by atoms with van der Waals surface area (Å²) in [6, 6.07) is 8.16. The number of ether oxygens (including phenoxy) is 1. The highest BCUT2D eigenvalue weighted by atomic mass is 16.5. The molecule has 1 aromatic carbocycles. The van der Waals surface area contributed by atoms with Gasteiger partial charge in [-0.05, 0) is 57.0 Å². The normalized spacial score (nSPS) is 18.9. The van der Waals surface area contributed by atoms with Crippen molar-refractivity contribution in [2.75, 3.05) is 44.8 Å². The fourth-order valence-corrected chi connectivity index (χ4v) is 3.09. The molecule has 2 rings (SSSR count). The summed E-state index contributed by atoms with van der Waals surface area (Å²) in [5, 5.41) is 8.84. The molecule has 0 radical (unpaired) electrons. The Hall–Kier alpha value is -1.59. The molecule has 0 aliphatic carbocycles. The number of esters is 1. The van der Waals surface area contributed by atoms with Gasteiger partial charge in [0.15, 0.2) is 0 Å². The third-order valence-electron chi connectivity index (χ3n) is 4.52. The summed E-state index contributed by atoms with van der Waals surface area (Å²) in [6.45, 7) is 6.72. The minimum Gasteiger partial charge on any atom is -0.465 e. The minimum atomic E-state index is -0.294. The molecule has 0 saturated carbocycles. The monoisotopic (exact) mass is 320 g/mol. The van der Waals surface area contributed by atoms with E-state index < -0.39 is 0 Å². The second-order valence-corrected chi connectivity index (χ2v) is 6.15.